The van der Waals surface area contributed by atoms with Crippen molar-refractivity contribution in [1.82, 2.24) is 4.72 Å². The Morgan fingerprint density at radius 3 is 2.17 bits per heavy atom. The summed E-state index contributed by atoms with van der Waals surface area (Å²) >= 11 is 0. The molecule has 1 unspecified atom stereocenters. The Morgan fingerprint density at radius 2 is 1.75 bits per heavy atom. The molecule has 0 saturated heterocycles. The third-order valence-electron chi connectivity index (χ3n) is 1.47. The maximum atomic E-state index is 11.2. The van der Waals surface area contributed by atoms with Gasteiger partial charge in [0.1, 0.15) is 0 Å². The first kappa shape index (κ1) is 12.1. The Labute approximate surface area is 78.7 Å². The molecule has 0 spiro atoms. The Kier molecular flexibility index (Phi) is 6.67. The first-order valence-electron chi connectivity index (χ1n) is 4.64. The van der Waals surface area contributed by atoms with Crippen molar-refractivity contribution in [3.8, 4) is 0 Å². The van der Waals surface area contributed by atoms with Gasteiger partial charge in [0.05, 0.1) is 11.0 Å². The highest BCUT2D eigenvalue weighted by atomic mass is 32.2. The molecule has 74 valence electrons. The van der Waals surface area contributed by atoms with Crippen LogP contribution in [0, 0.1) is 11.8 Å². The quantitative estimate of drug-likeness (QED) is 0.683. The second kappa shape index (κ2) is 6.61. The molecule has 0 rings (SSSR count). The second-order valence-corrected chi connectivity index (χ2v) is 5.30. The first-order chi connectivity index (χ1) is 5.52. The molecular weight excluding hydrogens is 170 g/mol. The molecule has 0 amide bonds. The van der Waals surface area contributed by atoms with Gasteiger partial charge in [0.15, 0.2) is 0 Å². The molecule has 0 aliphatic heterocycles. The SMILES string of the molecule is CC(C)CCNS(=O)CC(C)C. The van der Waals surface area contributed by atoms with E-state index in [2.05, 4.69) is 32.4 Å². The van der Waals surface area contributed by atoms with E-state index < -0.39 is 11.0 Å². The zero-order valence-electron chi connectivity index (χ0n) is 8.59. The van der Waals surface area contributed by atoms with E-state index in [4.69, 9.17) is 0 Å². The Hall–Kier alpha value is 0.110. The van der Waals surface area contributed by atoms with E-state index >= 15 is 0 Å². The molecular formula is C9H21NOS. The standard InChI is InChI=1S/C9H21NOS/c1-8(2)5-6-10-12(11)7-9(3)4/h8-10H,5-7H2,1-4H3. The summed E-state index contributed by atoms with van der Waals surface area (Å²) in [6, 6.07) is 0. The molecule has 1 atom stereocenters. The third kappa shape index (κ3) is 8.21. The van der Waals surface area contributed by atoms with Gasteiger partial charge in [0, 0.05) is 12.3 Å². The van der Waals surface area contributed by atoms with Crippen LogP contribution in [0.3, 0.4) is 0 Å². The van der Waals surface area contributed by atoms with E-state index in [0.717, 1.165) is 18.7 Å². The van der Waals surface area contributed by atoms with Crippen LogP contribution in [0.4, 0.5) is 0 Å². The summed E-state index contributed by atoms with van der Waals surface area (Å²) in [4.78, 5) is 0. The molecule has 0 aromatic carbocycles. The van der Waals surface area contributed by atoms with Gasteiger partial charge in [-0.05, 0) is 18.3 Å². The largest absolute Gasteiger partial charge is 0.243 e. The van der Waals surface area contributed by atoms with Crippen LogP contribution in [0.5, 0.6) is 0 Å². The highest BCUT2D eigenvalue weighted by Crippen LogP contribution is 1.98. The highest BCUT2D eigenvalue weighted by Gasteiger charge is 2.02. The van der Waals surface area contributed by atoms with Gasteiger partial charge in [0.25, 0.3) is 0 Å². The fourth-order valence-corrected chi connectivity index (χ4v) is 1.89. The van der Waals surface area contributed by atoms with E-state index in [1.165, 1.54) is 0 Å². The Bertz CT molecular complexity index is 134. The molecule has 0 aromatic rings. The van der Waals surface area contributed by atoms with Gasteiger partial charge in [-0.2, -0.15) is 0 Å². The van der Waals surface area contributed by atoms with E-state index in [1.807, 2.05) is 0 Å². The van der Waals surface area contributed by atoms with Crippen molar-refractivity contribution in [2.75, 3.05) is 12.3 Å². The van der Waals surface area contributed by atoms with Gasteiger partial charge in [-0.3, -0.25) is 0 Å². The van der Waals surface area contributed by atoms with Crippen LogP contribution in [-0.4, -0.2) is 16.5 Å². The monoisotopic (exact) mass is 191 g/mol. The van der Waals surface area contributed by atoms with Crippen LogP contribution in [-0.2, 0) is 11.0 Å². The average molecular weight is 191 g/mol. The van der Waals surface area contributed by atoms with Crippen molar-refractivity contribution in [2.45, 2.75) is 34.1 Å². The molecule has 0 fully saturated rings. The molecule has 1 N–H and O–H groups in total. The van der Waals surface area contributed by atoms with Crippen LogP contribution in [0.15, 0.2) is 0 Å². The summed E-state index contributed by atoms with van der Waals surface area (Å²) in [6.45, 7) is 9.39. The van der Waals surface area contributed by atoms with E-state index in [0.29, 0.717) is 11.8 Å². The summed E-state index contributed by atoms with van der Waals surface area (Å²) < 4.78 is 14.3. The molecule has 0 aliphatic carbocycles. The minimum atomic E-state index is -0.817. The lowest BCUT2D eigenvalue weighted by Crippen LogP contribution is -2.23. The zero-order valence-corrected chi connectivity index (χ0v) is 9.41. The third-order valence-corrected chi connectivity index (χ3v) is 2.96. The Balaban J connectivity index is 3.32. The molecule has 0 saturated carbocycles. The van der Waals surface area contributed by atoms with Gasteiger partial charge in [-0.15, -0.1) is 0 Å². The van der Waals surface area contributed by atoms with Gasteiger partial charge in [0.2, 0.25) is 0 Å². The van der Waals surface area contributed by atoms with Crippen LogP contribution in [0.1, 0.15) is 34.1 Å². The summed E-state index contributed by atoms with van der Waals surface area (Å²) in [6.07, 6.45) is 1.10. The van der Waals surface area contributed by atoms with Crippen LogP contribution in [0.25, 0.3) is 0 Å². The number of rotatable bonds is 6. The van der Waals surface area contributed by atoms with E-state index in [9.17, 15) is 4.21 Å². The van der Waals surface area contributed by atoms with Crippen LogP contribution >= 0.6 is 0 Å². The number of nitrogens with one attached hydrogen (secondary N) is 1. The van der Waals surface area contributed by atoms with Crippen molar-refractivity contribution < 1.29 is 4.21 Å². The van der Waals surface area contributed by atoms with E-state index in [1.54, 1.807) is 0 Å². The molecule has 12 heavy (non-hydrogen) atoms. The number of hydrogen-bond donors (Lipinski definition) is 1. The minimum absolute atomic E-state index is 0.511. The minimum Gasteiger partial charge on any atom is -0.243 e. The lowest BCUT2D eigenvalue weighted by molar-refractivity contribution is 0.576. The van der Waals surface area contributed by atoms with Gasteiger partial charge < -0.3 is 0 Å². The van der Waals surface area contributed by atoms with Crippen molar-refractivity contribution in [2.24, 2.45) is 11.8 Å². The van der Waals surface area contributed by atoms with Crippen LogP contribution < -0.4 is 4.72 Å². The highest BCUT2D eigenvalue weighted by molar-refractivity contribution is 7.83. The lowest BCUT2D eigenvalue weighted by atomic mass is 10.1. The van der Waals surface area contributed by atoms with Gasteiger partial charge in [-0.25, -0.2) is 8.93 Å². The molecule has 0 bridgehead atoms. The fraction of sp³-hybridized carbons (Fsp3) is 1.00. The van der Waals surface area contributed by atoms with Crippen LogP contribution in [0.2, 0.25) is 0 Å². The summed E-state index contributed by atoms with van der Waals surface area (Å²) in [7, 11) is -0.817. The van der Waals surface area contributed by atoms with E-state index in [-0.39, 0.29) is 0 Å². The average Bonchev–Trinajstić information content (AvgIpc) is 1.84. The van der Waals surface area contributed by atoms with Gasteiger partial charge >= 0.3 is 0 Å². The molecule has 0 aliphatic rings. The summed E-state index contributed by atoms with van der Waals surface area (Å²) in [5.41, 5.74) is 0. The maximum absolute atomic E-state index is 11.2. The predicted molar refractivity (Wildman–Crippen MR) is 55.3 cm³/mol. The molecule has 2 nitrogen and oxygen atoms in total. The van der Waals surface area contributed by atoms with Crippen molar-refractivity contribution in [3.63, 3.8) is 0 Å². The topological polar surface area (TPSA) is 29.1 Å². The summed E-state index contributed by atoms with van der Waals surface area (Å²) in [5, 5.41) is 0. The lowest BCUT2D eigenvalue weighted by Gasteiger charge is -2.07. The summed E-state index contributed by atoms with van der Waals surface area (Å²) in [5.74, 6) is 1.96. The zero-order chi connectivity index (χ0) is 9.56. The van der Waals surface area contributed by atoms with Crippen molar-refractivity contribution in [1.29, 1.82) is 0 Å². The molecule has 0 aromatic heterocycles. The molecule has 0 radical (unpaired) electrons. The number of hydrogen-bond acceptors (Lipinski definition) is 1. The van der Waals surface area contributed by atoms with Gasteiger partial charge in [-0.1, -0.05) is 27.7 Å². The fourth-order valence-electron chi connectivity index (χ4n) is 0.823. The second-order valence-electron chi connectivity index (χ2n) is 3.98. The molecule has 3 heteroatoms. The molecule has 0 heterocycles. The first-order valence-corrected chi connectivity index (χ1v) is 5.96. The normalized spacial score (nSPS) is 14.2. The smallest absolute Gasteiger partial charge is 0.0917 e. The van der Waals surface area contributed by atoms with Crippen molar-refractivity contribution >= 4 is 11.0 Å². The van der Waals surface area contributed by atoms with Crippen molar-refractivity contribution in [3.05, 3.63) is 0 Å². The predicted octanol–water partition coefficient (Wildman–Crippen LogP) is 1.94. The maximum Gasteiger partial charge on any atom is 0.0917 e. The Morgan fingerprint density at radius 1 is 1.17 bits per heavy atom.